The van der Waals surface area contributed by atoms with Crippen molar-refractivity contribution in [1.29, 1.82) is 0 Å². The van der Waals surface area contributed by atoms with E-state index < -0.39 is 5.91 Å². The molecule has 0 saturated heterocycles. The molecule has 6 heteroatoms. The van der Waals surface area contributed by atoms with E-state index in [0.29, 0.717) is 13.1 Å². The summed E-state index contributed by atoms with van der Waals surface area (Å²) in [6.07, 6.45) is 6.71. The first-order valence-corrected chi connectivity index (χ1v) is 8.71. The number of carbonyl (C=O) groups is 1. The van der Waals surface area contributed by atoms with Gasteiger partial charge in [-0.1, -0.05) is 24.3 Å². The number of aliphatic hydroxyl groups excluding tert-OH is 1. The van der Waals surface area contributed by atoms with Crippen LogP contribution in [0.4, 0.5) is 0 Å². The zero-order valence-electron chi connectivity index (χ0n) is 14.5. The topological polar surface area (TPSA) is 85.7 Å². The van der Waals surface area contributed by atoms with E-state index in [2.05, 4.69) is 22.0 Å². The maximum Gasteiger partial charge on any atom is 0.267 e. The van der Waals surface area contributed by atoms with Gasteiger partial charge in [0.2, 0.25) is 0 Å². The van der Waals surface area contributed by atoms with Crippen LogP contribution >= 0.6 is 0 Å². The van der Waals surface area contributed by atoms with Gasteiger partial charge in [-0.15, -0.1) is 0 Å². The van der Waals surface area contributed by atoms with Crippen LogP contribution in [0.5, 0.6) is 0 Å². The second-order valence-corrected chi connectivity index (χ2v) is 6.34. The third-order valence-electron chi connectivity index (χ3n) is 4.67. The lowest BCUT2D eigenvalue weighted by atomic mass is 10.0. The number of aromatic nitrogens is 1. The predicted octanol–water partition coefficient (Wildman–Crippen LogP) is 2.08. The highest BCUT2D eigenvalue weighted by Crippen LogP contribution is 2.37. The molecule has 26 heavy (non-hydrogen) atoms. The lowest BCUT2D eigenvalue weighted by molar-refractivity contribution is -0.124. The van der Waals surface area contributed by atoms with E-state index in [4.69, 9.17) is 5.21 Å². The molecule has 0 fully saturated rings. The second kappa shape index (κ2) is 8.71. The molecule has 0 spiro atoms. The molecule has 0 radical (unpaired) electrons. The van der Waals surface area contributed by atoms with E-state index in [9.17, 15) is 9.90 Å². The summed E-state index contributed by atoms with van der Waals surface area (Å²) >= 11 is 0. The van der Waals surface area contributed by atoms with Crippen LogP contribution in [0.25, 0.3) is 6.08 Å². The number of carbonyl (C=O) groups excluding carboxylic acids is 1. The Morgan fingerprint density at radius 2 is 2.23 bits per heavy atom. The molecule has 1 amide bonds. The number of nitrogens with one attached hydrogen (secondary N) is 1. The number of nitrogens with zero attached hydrogens (tertiary/aromatic N) is 2. The zero-order valence-corrected chi connectivity index (χ0v) is 14.5. The van der Waals surface area contributed by atoms with Crippen molar-refractivity contribution in [2.75, 3.05) is 13.2 Å². The molecule has 0 aliphatic heterocycles. The van der Waals surface area contributed by atoms with Gasteiger partial charge < -0.3 is 5.11 Å². The number of amides is 1. The number of aliphatic hydroxyl groups is 1. The molecule has 0 bridgehead atoms. The molecule has 6 nitrogen and oxygen atoms in total. The largest absolute Gasteiger partial charge is 0.395 e. The lowest BCUT2D eigenvalue weighted by Gasteiger charge is -2.28. The number of hydrogen-bond acceptors (Lipinski definition) is 5. The van der Waals surface area contributed by atoms with Crippen molar-refractivity contribution in [2.24, 2.45) is 0 Å². The van der Waals surface area contributed by atoms with E-state index >= 15 is 0 Å². The number of pyridine rings is 1. The maximum absolute atomic E-state index is 11.1. The first-order chi connectivity index (χ1) is 12.7. The smallest absolute Gasteiger partial charge is 0.267 e. The molecular weight excluding hydrogens is 330 g/mol. The molecule has 1 aromatic carbocycles. The molecule has 1 unspecified atom stereocenters. The van der Waals surface area contributed by atoms with Gasteiger partial charge in [0.25, 0.3) is 5.91 Å². The van der Waals surface area contributed by atoms with Crippen LogP contribution in [0.3, 0.4) is 0 Å². The quantitative estimate of drug-likeness (QED) is 0.403. The summed E-state index contributed by atoms with van der Waals surface area (Å²) in [5, 5.41) is 18.0. The fourth-order valence-electron chi connectivity index (χ4n) is 3.48. The normalized spacial score (nSPS) is 16.2. The van der Waals surface area contributed by atoms with E-state index in [1.807, 2.05) is 24.3 Å². The molecule has 1 atom stereocenters. The molecule has 3 N–H and O–H groups in total. The Hall–Kier alpha value is -2.54. The number of benzene rings is 1. The minimum Gasteiger partial charge on any atom is -0.395 e. The van der Waals surface area contributed by atoms with Gasteiger partial charge in [-0.3, -0.25) is 19.9 Å². The second-order valence-electron chi connectivity index (χ2n) is 6.34. The summed E-state index contributed by atoms with van der Waals surface area (Å²) in [6.45, 7) is 1.40. The van der Waals surface area contributed by atoms with Crippen LogP contribution in [-0.4, -0.2) is 39.3 Å². The molecule has 0 saturated carbocycles. The summed E-state index contributed by atoms with van der Waals surface area (Å²) in [7, 11) is 0. The van der Waals surface area contributed by atoms with E-state index in [-0.39, 0.29) is 12.6 Å². The fraction of sp³-hybridized carbons (Fsp3) is 0.300. The van der Waals surface area contributed by atoms with Gasteiger partial charge in [0.05, 0.1) is 12.3 Å². The minimum atomic E-state index is -0.548. The SMILES string of the molecule is O=C(/C=C/c1ccc2c(c1)CCC2N(CCO)Cc1ccccn1)NO. The van der Waals surface area contributed by atoms with Crippen molar-refractivity contribution in [3.63, 3.8) is 0 Å². The van der Waals surface area contributed by atoms with E-state index in [1.165, 1.54) is 17.2 Å². The van der Waals surface area contributed by atoms with E-state index in [0.717, 1.165) is 24.1 Å². The summed E-state index contributed by atoms with van der Waals surface area (Å²) in [6, 6.07) is 12.3. The van der Waals surface area contributed by atoms with Crippen LogP contribution < -0.4 is 5.48 Å². The molecule has 2 aromatic rings. The van der Waals surface area contributed by atoms with Gasteiger partial charge in [0.15, 0.2) is 0 Å². The van der Waals surface area contributed by atoms with Crippen molar-refractivity contribution in [3.8, 4) is 0 Å². The number of aryl methyl sites for hydroxylation is 1. The number of hydroxylamine groups is 1. The minimum absolute atomic E-state index is 0.107. The molecule has 1 aromatic heterocycles. The highest BCUT2D eigenvalue weighted by molar-refractivity contribution is 5.90. The van der Waals surface area contributed by atoms with E-state index in [1.54, 1.807) is 17.8 Å². The van der Waals surface area contributed by atoms with Gasteiger partial charge in [0, 0.05) is 31.4 Å². The highest BCUT2D eigenvalue weighted by Gasteiger charge is 2.28. The van der Waals surface area contributed by atoms with Crippen molar-refractivity contribution >= 4 is 12.0 Å². The predicted molar refractivity (Wildman–Crippen MR) is 98.2 cm³/mol. The van der Waals surface area contributed by atoms with Gasteiger partial charge in [-0.2, -0.15) is 0 Å². The van der Waals surface area contributed by atoms with Crippen LogP contribution in [0.2, 0.25) is 0 Å². The van der Waals surface area contributed by atoms with Gasteiger partial charge >= 0.3 is 0 Å². The average Bonchev–Trinajstić information content (AvgIpc) is 3.09. The fourth-order valence-corrected chi connectivity index (χ4v) is 3.48. The van der Waals surface area contributed by atoms with Gasteiger partial charge in [-0.25, -0.2) is 5.48 Å². The highest BCUT2D eigenvalue weighted by atomic mass is 16.5. The van der Waals surface area contributed by atoms with Crippen molar-refractivity contribution in [2.45, 2.75) is 25.4 Å². The monoisotopic (exact) mass is 353 g/mol. The summed E-state index contributed by atoms with van der Waals surface area (Å²) in [5.74, 6) is -0.548. The molecule has 1 aliphatic carbocycles. The molecule has 3 rings (SSSR count). The standard InChI is InChI=1S/C20H23N3O3/c24-12-11-23(14-17-3-1-2-10-21-17)19-8-6-16-13-15(4-7-18(16)19)5-9-20(25)22-26/h1-5,7,9-10,13,19,24,26H,6,8,11-12,14H2,(H,22,25)/b9-5+. The first kappa shape index (κ1) is 18.3. The Labute approximate surface area is 152 Å². The molecule has 1 aliphatic rings. The first-order valence-electron chi connectivity index (χ1n) is 8.71. The number of fused-ring (bicyclic) bond motifs is 1. The number of rotatable bonds is 7. The third-order valence-corrected chi connectivity index (χ3v) is 4.67. The Bertz CT molecular complexity index is 777. The summed E-state index contributed by atoms with van der Waals surface area (Å²) in [5.41, 5.74) is 6.01. The third kappa shape index (κ3) is 4.35. The number of hydrogen-bond donors (Lipinski definition) is 3. The summed E-state index contributed by atoms with van der Waals surface area (Å²) in [4.78, 5) is 17.8. The van der Waals surface area contributed by atoms with Crippen molar-refractivity contribution < 1.29 is 15.1 Å². The van der Waals surface area contributed by atoms with Crippen LogP contribution in [0.15, 0.2) is 48.7 Å². The Morgan fingerprint density at radius 1 is 1.35 bits per heavy atom. The van der Waals surface area contributed by atoms with Crippen molar-refractivity contribution in [1.82, 2.24) is 15.4 Å². The van der Waals surface area contributed by atoms with Crippen LogP contribution in [0, 0.1) is 0 Å². The molecule has 1 heterocycles. The van der Waals surface area contributed by atoms with Crippen LogP contribution in [-0.2, 0) is 17.8 Å². The Kier molecular flexibility index (Phi) is 6.12. The molecule has 136 valence electrons. The Morgan fingerprint density at radius 3 is 2.96 bits per heavy atom. The Balaban J connectivity index is 1.78. The van der Waals surface area contributed by atoms with Gasteiger partial charge in [0.1, 0.15) is 0 Å². The van der Waals surface area contributed by atoms with Gasteiger partial charge in [-0.05, 0) is 47.7 Å². The lowest BCUT2D eigenvalue weighted by Crippen LogP contribution is -2.30. The average molecular weight is 353 g/mol. The van der Waals surface area contributed by atoms with Crippen molar-refractivity contribution in [3.05, 3.63) is 71.1 Å². The van der Waals surface area contributed by atoms with Crippen LogP contribution in [0.1, 0.15) is 34.8 Å². The summed E-state index contributed by atoms with van der Waals surface area (Å²) < 4.78 is 0. The maximum atomic E-state index is 11.1. The molecular formula is C20H23N3O3. The zero-order chi connectivity index (χ0) is 18.4.